The van der Waals surface area contributed by atoms with Crippen LogP contribution in [0.5, 0.6) is 0 Å². The molecule has 3 aromatic carbocycles. The molecular weight excluding hydrogens is 294 g/mol. The Bertz CT molecular complexity index is 951. The van der Waals surface area contributed by atoms with Crippen molar-refractivity contribution in [3.8, 4) is 33.6 Å². The van der Waals surface area contributed by atoms with E-state index < -0.39 is 0 Å². The number of aromatic nitrogens is 3. The number of rotatable bonds is 3. The van der Waals surface area contributed by atoms with E-state index in [4.69, 9.17) is 0 Å². The van der Waals surface area contributed by atoms with Gasteiger partial charge in [0.05, 0.1) is 0 Å². The lowest BCUT2D eigenvalue weighted by Crippen LogP contribution is -1.90. The van der Waals surface area contributed by atoms with E-state index in [-0.39, 0.29) is 0 Å². The molecule has 0 unspecified atom stereocenters. The SMILES string of the molecule is c1ccc(-c2ccccc2-c2cccc(-c3ncncn3)c2)cc1. The second kappa shape index (κ2) is 6.42. The van der Waals surface area contributed by atoms with Gasteiger partial charge in [-0.3, -0.25) is 0 Å². The van der Waals surface area contributed by atoms with Crippen LogP contribution in [0.4, 0.5) is 0 Å². The summed E-state index contributed by atoms with van der Waals surface area (Å²) in [5.41, 5.74) is 5.74. The van der Waals surface area contributed by atoms with Crippen molar-refractivity contribution < 1.29 is 0 Å². The van der Waals surface area contributed by atoms with Crippen LogP contribution in [0.15, 0.2) is 91.5 Å². The summed E-state index contributed by atoms with van der Waals surface area (Å²) < 4.78 is 0. The lowest BCUT2D eigenvalue weighted by Gasteiger charge is -2.11. The fraction of sp³-hybridized carbons (Fsp3) is 0. The molecule has 0 N–H and O–H groups in total. The molecule has 0 atom stereocenters. The largest absolute Gasteiger partial charge is 0.225 e. The fourth-order valence-corrected chi connectivity index (χ4v) is 2.82. The number of hydrogen-bond acceptors (Lipinski definition) is 3. The van der Waals surface area contributed by atoms with E-state index in [1.165, 1.54) is 29.3 Å². The maximum atomic E-state index is 4.24. The van der Waals surface area contributed by atoms with Gasteiger partial charge in [0.2, 0.25) is 0 Å². The predicted molar refractivity (Wildman–Crippen MR) is 96.1 cm³/mol. The van der Waals surface area contributed by atoms with Crippen molar-refractivity contribution in [2.24, 2.45) is 0 Å². The van der Waals surface area contributed by atoms with Crippen molar-refractivity contribution in [3.63, 3.8) is 0 Å². The quantitative estimate of drug-likeness (QED) is 0.542. The van der Waals surface area contributed by atoms with Crippen molar-refractivity contribution in [1.29, 1.82) is 0 Å². The van der Waals surface area contributed by atoms with Gasteiger partial charge in [-0.2, -0.15) is 0 Å². The van der Waals surface area contributed by atoms with Gasteiger partial charge >= 0.3 is 0 Å². The Balaban J connectivity index is 1.84. The average molecular weight is 309 g/mol. The molecule has 0 saturated carbocycles. The standard InChI is InChI=1S/C21H15N3/c1-2-7-16(8-3-1)19-11-4-5-12-20(19)17-9-6-10-18(13-17)21-23-14-22-15-24-21/h1-15H. The van der Waals surface area contributed by atoms with Crippen LogP contribution in [-0.4, -0.2) is 15.0 Å². The zero-order chi connectivity index (χ0) is 16.2. The maximum Gasteiger partial charge on any atom is 0.162 e. The molecule has 3 nitrogen and oxygen atoms in total. The van der Waals surface area contributed by atoms with Gasteiger partial charge < -0.3 is 0 Å². The highest BCUT2D eigenvalue weighted by molar-refractivity contribution is 5.84. The van der Waals surface area contributed by atoms with Gasteiger partial charge in [0, 0.05) is 5.56 Å². The van der Waals surface area contributed by atoms with Crippen LogP contribution in [0.1, 0.15) is 0 Å². The Labute approximate surface area is 140 Å². The van der Waals surface area contributed by atoms with E-state index in [1.54, 1.807) is 0 Å². The van der Waals surface area contributed by atoms with Crippen LogP contribution in [0.25, 0.3) is 33.6 Å². The molecule has 0 bridgehead atoms. The van der Waals surface area contributed by atoms with Crippen molar-refractivity contribution in [2.75, 3.05) is 0 Å². The molecule has 0 spiro atoms. The molecule has 0 aliphatic heterocycles. The molecule has 0 radical (unpaired) electrons. The minimum Gasteiger partial charge on any atom is -0.225 e. The van der Waals surface area contributed by atoms with Crippen LogP contribution in [0.2, 0.25) is 0 Å². The molecular formula is C21H15N3. The summed E-state index contributed by atoms with van der Waals surface area (Å²) >= 11 is 0. The lowest BCUT2D eigenvalue weighted by molar-refractivity contribution is 1.06. The molecule has 24 heavy (non-hydrogen) atoms. The van der Waals surface area contributed by atoms with Crippen molar-refractivity contribution >= 4 is 0 Å². The van der Waals surface area contributed by atoms with Crippen LogP contribution in [0, 0.1) is 0 Å². The Morgan fingerprint density at radius 2 is 1.08 bits per heavy atom. The number of hydrogen-bond donors (Lipinski definition) is 0. The molecule has 0 fully saturated rings. The zero-order valence-corrected chi connectivity index (χ0v) is 13.0. The molecule has 3 heteroatoms. The van der Waals surface area contributed by atoms with Crippen molar-refractivity contribution in [2.45, 2.75) is 0 Å². The maximum absolute atomic E-state index is 4.24. The van der Waals surface area contributed by atoms with E-state index in [1.807, 2.05) is 18.2 Å². The highest BCUT2D eigenvalue weighted by Crippen LogP contribution is 2.33. The smallest absolute Gasteiger partial charge is 0.162 e. The van der Waals surface area contributed by atoms with Crippen LogP contribution in [0.3, 0.4) is 0 Å². The third-order valence-corrected chi connectivity index (χ3v) is 3.94. The molecule has 4 rings (SSSR count). The van der Waals surface area contributed by atoms with Crippen LogP contribution in [-0.2, 0) is 0 Å². The number of nitrogens with zero attached hydrogens (tertiary/aromatic N) is 3. The van der Waals surface area contributed by atoms with Gasteiger partial charge in [-0.1, -0.05) is 72.8 Å². The highest BCUT2D eigenvalue weighted by Gasteiger charge is 2.08. The summed E-state index contributed by atoms with van der Waals surface area (Å²) in [5, 5.41) is 0. The first-order valence-electron chi connectivity index (χ1n) is 7.79. The minimum atomic E-state index is 0.684. The van der Waals surface area contributed by atoms with E-state index in [2.05, 4.69) is 75.6 Å². The normalized spacial score (nSPS) is 10.5. The predicted octanol–water partition coefficient (Wildman–Crippen LogP) is 4.87. The van der Waals surface area contributed by atoms with Gasteiger partial charge in [0.25, 0.3) is 0 Å². The van der Waals surface area contributed by atoms with E-state index in [0.29, 0.717) is 5.82 Å². The first kappa shape index (κ1) is 14.3. The molecule has 0 aliphatic carbocycles. The zero-order valence-electron chi connectivity index (χ0n) is 13.0. The summed E-state index contributed by atoms with van der Waals surface area (Å²) in [6, 6.07) is 27.2. The second-order valence-electron chi connectivity index (χ2n) is 5.45. The van der Waals surface area contributed by atoms with Gasteiger partial charge in [0.1, 0.15) is 12.7 Å². The first-order chi connectivity index (χ1) is 11.9. The van der Waals surface area contributed by atoms with Gasteiger partial charge in [0.15, 0.2) is 5.82 Å². The van der Waals surface area contributed by atoms with E-state index >= 15 is 0 Å². The molecule has 1 aromatic heterocycles. The van der Waals surface area contributed by atoms with Crippen LogP contribution >= 0.6 is 0 Å². The van der Waals surface area contributed by atoms with Gasteiger partial charge in [-0.05, 0) is 28.3 Å². The Morgan fingerprint density at radius 3 is 1.83 bits per heavy atom. The Kier molecular flexibility index (Phi) is 3.82. The second-order valence-corrected chi connectivity index (χ2v) is 5.45. The van der Waals surface area contributed by atoms with Gasteiger partial charge in [-0.15, -0.1) is 0 Å². The molecule has 0 saturated heterocycles. The monoisotopic (exact) mass is 309 g/mol. The van der Waals surface area contributed by atoms with E-state index in [9.17, 15) is 0 Å². The Morgan fingerprint density at radius 1 is 0.500 bits per heavy atom. The molecule has 114 valence electrons. The lowest BCUT2D eigenvalue weighted by atomic mass is 9.94. The van der Waals surface area contributed by atoms with Crippen LogP contribution < -0.4 is 0 Å². The molecule has 0 amide bonds. The number of benzene rings is 3. The fourth-order valence-electron chi connectivity index (χ4n) is 2.82. The first-order valence-corrected chi connectivity index (χ1v) is 7.79. The van der Waals surface area contributed by atoms with Crippen molar-refractivity contribution in [1.82, 2.24) is 15.0 Å². The summed E-state index contributed by atoms with van der Waals surface area (Å²) in [6.45, 7) is 0. The summed E-state index contributed by atoms with van der Waals surface area (Å²) in [4.78, 5) is 12.4. The average Bonchev–Trinajstić information content (AvgIpc) is 2.69. The topological polar surface area (TPSA) is 38.7 Å². The van der Waals surface area contributed by atoms with Gasteiger partial charge in [-0.25, -0.2) is 15.0 Å². The highest BCUT2D eigenvalue weighted by atomic mass is 15.0. The summed E-state index contributed by atoms with van der Waals surface area (Å²) in [6.07, 6.45) is 3.04. The Hall–Kier alpha value is -3.33. The third kappa shape index (κ3) is 2.79. The molecule has 0 aliphatic rings. The van der Waals surface area contributed by atoms with E-state index in [0.717, 1.165) is 11.1 Å². The van der Waals surface area contributed by atoms with Crippen molar-refractivity contribution in [3.05, 3.63) is 91.5 Å². The summed E-state index contributed by atoms with van der Waals surface area (Å²) in [7, 11) is 0. The summed E-state index contributed by atoms with van der Waals surface area (Å²) in [5.74, 6) is 0.684. The third-order valence-electron chi connectivity index (χ3n) is 3.94. The molecule has 4 aromatic rings. The minimum absolute atomic E-state index is 0.684. The molecule has 1 heterocycles.